The molecule has 5 heteroatoms. The fraction of sp³-hybridized carbons (Fsp3) is 0.462. The Morgan fingerprint density at radius 3 is 3.22 bits per heavy atom. The number of ether oxygens (including phenoxy) is 1. The molecule has 0 amide bonds. The van der Waals surface area contributed by atoms with Crippen molar-refractivity contribution in [2.24, 2.45) is 5.92 Å². The van der Waals surface area contributed by atoms with Gasteiger partial charge in [-0.1, -0.05) is 0 Å². The number of hydrogen-bond donors (Lipinski definition) is 1. The lowest BCUT2D eigenvalue weighted by Crippen LogP contribution is -2.14. The summed E-state index contributed by atoms with van der Waals surface area (Å²) in [4.78, 5) is 0. The molecule has 1 aliphatic heterocycles. The summed E-state index contributed by atoms with van der Waals surface area (Å²) in [6.07, 6.45) is 4.63. The molecule has 1 saturated heterocycles. The van der Waals surface area contributed by atoms with Crippen LogP contribution in [0.3, 0.4) is 0 Å². The second kappa shape index (κ2) is 5.27. The number of nitrogens with zero attached hydrogens (tertiary/aromatic N) is 2. The Balaban J connectivity index is 1.60. The molecule has 2 aromatic rings. The summed E-state index contributed by atoms with van der Waals surface area (Å²) >= 11 is 0. The number of aromatic nitrogens is 2. The van der Waals surface area contributed by atoms with Gasteiger partial charge in [-0.25, -0.2) is 4.68 Å². The maximum atomic E-state index is 5.39. The maximum absolute atomic E-state index is 5.39. The Hall–Kier alpha value is -1.75. The summed E-state index contributed by atoms with van der Waals surface area (Å²) in [6, 6.07) is 5.83. The topological polar surface area (TPSA) is 52.2 Å². The first kappa shape index (κ1) is 11.3. The second-order valence-electron chi connectivity index (χ2n) is 4.56. The fourth-order valence-electron chi connectivity index (χ4n) is 2.19. The van der Waals surface area contributed by atoms with Gasteiger partial charge in [-0.3, -0.25) is 0 Å². The number of rotatable bonds is 5. The van der Waals surface area contributed by atoms with E-state index < -0.39 is 0 Å². The molecule has 1 atom stereocenters. The average Bonchev–Trinajstić information content (AvgIpc) is 3.10. The zero-order valence-corrected chi connectivity index (χ0v) is 10.2. The fourth-order valence-corrected chi connectivity index (χ4v) is 2.19. The molecule has 0 bridgehead atoms. The molecule has 0 spiro atoms. The van der Waals surface area contributed by atoms with Crippen LogP contribution in [0.4, 0.5) is 5.82 Å². The Morgan fingerprint density at radius 1 is 1.44 bits per heavy atom. The predicted octanol–water partition coefficient (Wildman–Crippen LogP) is 2.12. The van der Waals surface area contributed by atoms with E-state index in [1.54, 1.807) is 6.26 Å². The van der Waals surface area contributed by atoms with Crippen molar-refractivity contribution in [1.82, 2.24) is 9.78 Å². The molecule has 3 rings (SSSR count). The molecule has 0 saturated carbocycles. The van der Waals surface area contributed by atoms with Gasteiger partial charge in [-0.2, -0.15) is 5.10 Å². The largest absolute Gasteiger partial charge is 0.467 e. The molecule has 1 aliphatic rings. The van der Waals surface area contributed by atoms with Gasteiger partial charge in [0.25, 0.3) is 0 Å². The number of hydrogen-bond acceptors (Lipinski definition) is 4. The second-order valence-corrected chi connectivity index (χ2v) is 4.56. The van der Waals surface area contributed by atoms with Crippen LogP contribution in [0.5, 0.6) is 0 Å². The third-order valence-corrected chi connectivity index (χ3v) is 3.20. The quantitative estimate of drug-likeness (QED) is 0.879. The molecule has 0 unspecified atom stereocenters. The first-order chi connectivity index (χ1) is 8.92. The number of furan rings is 1. The minimum Gasteiger partial charge on any atom is -0.467 e. The van der Waals surface area contributed by atoms with Crippen molar-refractivity contribution < 1.29 is 9.15 Å². The van der Waals surface area contributed by atoms with Crippen LogP contribution in [-0.2, 0) is 17.8 Å². The molecule has 0 radical (unpaired) electrons. The molecule has 96 valence electrons. The van der Waals surface area contributed by atoms with E-state index in [0.29, 0.717) is 12.5 Å². The molecule has 3 heterocycles. The van der Waals surface area contributed by atoms with Gasteiger partial charge in [0, 0.05) is 25.1 Å². The zero-order chi connectivity index (χ0) is 12.2. The molecule has 0 aromatic carbocycles. The summed E-state index contributed by atoms with van der Waals surface area (Å²) in [7, 11) is 0. The van der Waals surface area contributed by atoms with Crippen LogP contribution in [0.1, 0.15) is 12.2 Å². The van der Waals surface area contributed by atoms with Crippen molar-refractivity contribution in [3.63, 3.8) is 0 Å². The van der Waals surface area contributed by atoms with Gasteiger partial charge in [0.15, 0.2) is 0 Å². The van der Waals surface area contributed by atoms with Crippen molar-refractivity contribution in [3.05, 3.63) is 36.4 Å². The first-order valence-corrected chi connectivity index (χ1v) is 6.27. The monoisotopic (exact) mass is 247 g/mol. The summed E-state index contributed by atoms with van der Waals surface area (Å²) in [5.74, 6) is 2.53. The lowest BCUT2D eigenvalue weighted by atomic mass is 10.1. The summed E-state index contributed by atoms with van der Waals surface area (Å²) in [5, 5.41) is 7.68. The van der Waals surface area contributed by atoms with E-state index in [1.165, 1.54) is 0 Å². The highest BCUT2D eigenvalue weighted by molar-refractivity contribution is 5.34. The van der Waals surface area contributed by atoms with E-state index in [-0.39, 0.29) is 0 Å². The van der Waals surface area contributed by atoms with Gasteiger partial charge >= 0.3 is 0 Å². The van der Waals surface area contributed by atoms with Crippen molar-refractivity contribution in [1.29, 1.82) is 0 Å². The van der Waals surface area contributed by atoms with Gasteiger partial charge in [-0.15, -0.1) is 0 Å². The number of nitrogens with one attached hydrogen (secondary N) is 1. The summed E-state index contributed by atoms with van der Waals surface area (Å²) < 4.78 is 12.7. The highest BCUT2D eigenvalue weighted by atomic mass is 16.5. The molecular formula is C13H17N3O2. The van der Waals surface area contributed by atoms with Crippen molar-refractivity contribution in [3.8, 4) is 0 Å². The van der Waals surface area contributed by atoms with Crippen molar-refractivity contribution in [2.45, 2.75) is 19.5 Å². The van der Waals surface area contributed by atoms with Crippen molar-refractivity contribution >= 4 is 5.82 Å². The maximum Gasteiger partial charge on any atom is 0.124 e. The molecular weight excluding hydrogens is 230 g/mol. The van der Waals surface area contributed by atoms with E-state index in [0.717, 1.165) is 37.8 Å². The van der Waals surface area contributed by atoms with E-state index >= 15 is 0 Å². The standard InChI is InChI=1S/C13H17N3O2/c1-2-12(18-6-1)8-14-13-3-5-15-16(13)9-11-4-7-17-10-11/h1-3,5-6,11,14H,4,7-10H2/t11-/m1/s1. The molecule has 1 N–H and O–H groups in total. The van der Waals surface area contributed by atoms with Crippen molar-refractivity contribution in [2.75, 3.05) is 18.5 Å². The highest BCUT2D eigenvalue weighted by Crippen LogP contribution is 2.17. The Kier molecular flexibility index (Phi) is 3.32. The Bertz CT molecular complexity index is 472. The smallest absolute Gasteiger partial charge is 0.124 e. The van der Waals surface area contributed by atoms with Crippen LogP contribution in [0.25, 0.3) is 0 Å². The van der Waals surface area contributed by atoms with Gasteiger partial charge in [-0.05, 0) is 18.6 Å². The average molecular weight is 247 g/mol. The molecule has 1 fully saturated rings. The van der Waals surface area contributed by atoms with E-state index in [1.807, 2.05) is 29.1 Å². The first-order valence-electron chi connectivity index (χ1n) is 6.27. The summed E-state index contributed by atoms with van der Waals surface area (Å²) in [6.45, 7) is 3.31. The van der Waals surface area contributed by atoms with Crippen LogP contribution in [0, 0.1) is 5.92 Å². The third kappa shape index (κ3) is 2.56. The molecule has 2 aromatic heterocycles. The van der Waals surface area contributed by atoms with E-state index in [9.17, 15) is 0 Å². The van der Waals surface area contributed by atoms with Gasteiger partial charge < -0.3 is 14.5 Å². The van der Waals surface area contributed by atoms with Crippen LogP contribution >= 0.6 is 0 Å². The van der Waals surface area contributed by atoms with Gasteiger partial charge in [0.2, 0.25) is 0 Å². The van der Waals surface area contributed by atoms with Crippen LogP contribution < -0.4 is 5.32 Å². The van der Waals surface area contributed by atoms with Crippen LogP contribution in [0.2, 0.25) is 0 Å². The third-order valence-electron chi connectivity index (χ3n) is 3.20. The summed E-state index contributed by atoms with van der Waals surface area (Å²) in [5.41, 5.74) is 0. The minimum absolute atomic E-state index is 0.578. The molecule has 5 nitrogen and oxygen atoms in total. The zero-order valence-electron chi connectivity index (χ0n) is 10.2. The molecule has 0 aliphatic carbocycles. The Labute approximate surface area is 106 Å². The van der Waals surface area contributed by atoms with E-state index in [4.69, 9.17) is 9.15 Å². The van der Waals surface area contributed by atoms with Gasteiger partial charge in [0.1, 0.15) is 11.6 Å². The number of anilines is 1. The molecule has 18 heavy (non-hydrogen) atoms. The SMILES string of the molecule is c1coc(CNc2ccnn2C[C@H]2CCOC2)c1. The van der Waals surface area contributed by atoms with Crippen LogP contribution in [0.15, 0.2) is 35.1 Å². The van der Waals surface area contributed by atoms with E-state index in [2.05, 4.69) is 10.4 Å². The minimum atomic E-state index is 0.578. The lowest BCUT2D eigenvalue weighted by Gasteiger charge is -2.12. The highest BCUT2D eigenvalue weighted by Gasteiger charge is 2.17. The van der Waals surface area contributed by atoms with Gasteiger partial charge in [0.05, 0.1) is 25.6 Å². The van der Waals surface area contributed by atoms with Crippen LogP contribution in [-0.4, -0.2) is 23.0 Å². The normalized spacial score (nSPS) is 19.2. The lowest BCUT2D eigenvalue weighted by molar-refractivity contribution is 0.181. The predicted molar refractivity (Wildman–Crippen MR) is 67.2 cm³/mol. The Morgan fingerprint density at radius 2 is 2.44 bits per heavy atom.